The van der Waals surface area contributed by atoms with E-state index in [1.165, 1.54) is 42.0 Å². The molecule has 0 amide bonds. The highest BCUT2D eigenvalue weighted by molar-refractivity contribution is 9.08. The van der Waals surface area contributed by atoms with Crippen LogP contribution in [0.25, 0.3) is 0 Å². The van der Waals surface area contributed by atoms with Crippen molar-refractivity contribution in [1.82, 2.24) is 4.98 Å². The van der Waals surface area contributed by atoms with Gasteiger partial charge in [-0.1, -0.05) is 35.2 Å². The first-order valence-electron chi connectivity index (χ1n) is 4.90. The van der Waals surface area contributed by atoms with Crippen LogP contribution in [0, 0.1) is 0 Å². The van der Waals surface area contributed by atoms with Crippen LogP contribution >= 0.6 is 27.3 Å². The van der Waals surface area contributed by atoms with E-state index >= 15 is 0 Å². The van der Waals surface area contributed by atoms with Crippen molar-refractivity contribution in [2.24, 2.45) is 0 Å². The van der Waals surface area contributed by atoms with Crippen LogP contribution < -0.4 is 0 Å². The Morgan fingerprint density at radius 3 is 2.77 bits per heavy atom. The Balaban J connectivity index is 2.05. The van der Waals surface area contributed by atoms with Crippen molar-refractivity contribution < 1.29 is 0 Å². The lowest BCUT2D eigenvalue weighted by Crippen LogP contribution is -2.03. The number of hydrogen-bond donors (Lipinski definition) is 0. The van der Waals surface area contributed by atoms with Crippen LogP contribution in [0.4, 0.5) is 0 Å². The van der Waals surface area contributed by atoms with Crippen LogP contribution in [-0.4, -0.2) is 4.98 Å². The fraction of sp³-hybridized carbons (Fsp3) is 0.700. The van der Waals surface area contributed by atoms with E-state index in [0.29, 0.717) is 0 Å². The summed E-state index contributed by atoms with van der Waals surface area (Å²) >= 11 is 5.35. The third kappa shape index (κ3) is 2.32. The van der Waals surface area contributed by atoms with Gasteiger partial charge in [-0.3, -0.25) is 0 Å². The van der Waals surface area contributed by atoms with Crippen molar-refractivity contribution in [2.75, 3.05) is 0 Å². The van der Waals surface area contributed by atoms with Gasteiger partial charge in [-0.2, -0.15) is 0 Å². The van der Waals surface area contributed by atoms with Gasteiger partial charge in [-0.25, -0.2) is 4.98 Å². The largest absolute Gasteiger partial charge is 0.249 e. The van der Waals surface area contributed by atoms with Gasteiger partial charge in [0.25, 0.3) is 0 Å². The van der Waals surface area contributed by atoms with Crippen LogP contribution in [0.3, 0.4) is 0 Å². The van der Waals surface area contributed by atoms with E-state index in [4.69, 9.17) is 0 Å². The Kier molecular flexibility index (Phi) is 3.39. The topological polar surface area (TPSA) is 12.9 Å². The smallest absolute Gasteiger partial charge is 0.0958 e. The Labute approximate surface area is 91.7 Å². The second-order valence-corrected chi connectivity index (χ2v) is 5.34. The van der Waals surface area contributed by atoms with E-state index < -0.39 is 0 Å². The van der Waals surface area contributed by atoms with Crippen molar-refractivity contribution in [2.45, 2.75) is 43.4 Å². The molecule has 1 aliphatic rings. The van der Waals surface area contributed by atoms with Gasteiger partial charge in [0.1, 0.15) is 0 Å². The minimum atomic E-state index is 0.770. The summed E-state index contributed by atoms with van der Waals surface area (Å²) in [6.07, 6.45) is 8.95. The lowest BCUT2D eigenvalue weighted by atomic mass is 9.90. The number of halogens is 1. The zero-order valence-electron chi connectivity index (χ0n) is 7.63. The molecular formula is C10H14BrNS. The summed E-state index contributed by atoms with van der Waals surface area (Å²) in [7, 11) is 0. The highest BCUT2D eigenvalue weighted by atomic mass is 79.9. The summed E-state index contributed by atoms with van der Waals surface area (Å²) in [5, 5.41) is 2.33. The van der Waals surface area contributed by atoms with Gasteiger partial charge in [0.15, 0.2) is 0 Å². The van der Waals surface area contributed by atoms with E-state index in [0.717, 1.165) is 11.2 Å². The van der Waals surface area contributed by atoms with Gasteiger partial charge < -0.3 is 0 Å². The fourth-order valence-corrected chi connectivity index (χ4v) is 3.35. The predicted molar refractivity (Wildman–Crippen MR) is 60.6 cm³/mol. The van der Waals surface area contributed by atoms with Crippen LogP contribution in [0.15, 0.2) is 6.20 Å². The average molecular weight is 260 g/mol. The lowest BCUT2D eigenvalue weighted by molar-refractivity contribution is 0.442. The van der Waals surface area contributed by atoms with Gasteiger partial charge in [0, 0.05) is 22.3 Å². The number of hydrogen-bond acceptors (Lipinski definition) is 2. The molecule has 1 fully saturated rings. The van der Waals surface area contributed by atoms with Crippen molar-refractivity contribution >= 4 is 27.3 Å². The molecule has 0 aromatic carbocycles. The van der Waals surface area contributed by atoms with Crippen LogP contribution in [0.1, 0.15) is 47.9 Å². The molecule has 1 saturated carbocycles. The zero-order chi connectivity index (χ0) is 9.10. The third-order valence-corrected chi connectivity index (χ3v) is 4.79. The second-order valence-electron chi connectivity index (χ2n) is 3.63. The summed E-state index contributed by atoms with van der Waals surface area (Å²) < 4.78 is 0. The highest BCUT2D eigenvalue weighted by Crippen LogP contribution is 2.34. The molecule has 72 valence electrons. The third-order valence-electron chi connectivity index (χ3n) is 2.66. The zero-order valence-corrected chi connectivity index (χ0v) is 10.0. The normalized spacial score (nSPS) is 19.2. The molecule has 0 aliphatic heterocycles. The minimum absolute atomic E-state index is 0.770. The first-order valence-corrected chi connectivity index (χ1v) is 6.84. The maximum absolute atomic E-state index is 4.50. The second kappa shape index (κ2) is 4.56. The SMILES string of the molecule is BrCc1cnc(C2CCCCC2)s1. The number of alkyl halides is 1. The molecule has 0 bridgehead atoms. The van der Waals surface area contributed by atoms with Crippen molar-refractivity contribution in [1.29, 1.82) is 0 Å². The Bertz CT molecular complexity index is 266. The van der Waals surface area contributed by atoms with Gasteiger partial charge in [-0.05, 0) is 12.8 Å². The maximum atomic E-state index is 4.50. The van der Waals surface area contributed by atoms with E-state index in [-0.39, 0.29) is 0 Å². The molecule has 0 N–H and O–H groups in total. The van der Waals surface area contributed by atoms with Gasteiger partial charge >= 0.3 is 0 Å². The number of nitrogens with zero attached hydrogens (tertiary/aromatic N) is 1. The molecule has 1 nitrogen and oxygen atoms in total. The molecule has 3 heteroatoms. The molecule has 0 unspecified atom stereocenters. The van der Waals surface area contributed by atoms with E-state index in [1.807, 2.05) is 17.5 Å². The lowest BCUT2D eigenvalue weighted by Gasteiger charge is -2.18. The summed E-state index contributed by atoms with van der Waals surface area (Å²) in [6.45, 7) is 0. The van der Waals surface area contributed by atoms with Gasteiger partial charge in [0.05, 0.1) is 5.01 Å². The Hall–Kier alpha value is 0.110. The molecule has 0 atom stereocenters. The molecule has 1 aliphatic carbocycles. The first kappa shape index (κ1) is 9.66. The monoisotopic (exact) mass is 259 g/mol. The highest BCUT2D eigenvalue weighted by Gasteiger charge is 2.18. The Morgan fingerprint density at radius 1 is 1.38 bits per heavy atom. The molecule has 0 radical (unpaired) electrons. The molecule has 1 heterocycles. The molecule has 0 saturated heterocycles. The molecular weight excluding hydrogens is 246 g/mol. The quantitative estimate of drug-likeness (QED) is 0.730. The van der Waals surface area contributed by atoms with Crippen LogP contribution in [-0.2, 0) is 5.33 Å². The Morgan fingerprint density at radius 2 is 2.15 bits per heavy atom. The summed E-state index contributed by atoms with van der Waals surface area (Å²) in [5.74, 6) is 0.770. The van der Waals surface area contributed by atoms with E-state index in [1.54, 1.807) is 0 Å². The van der Waals surface area contributed by atoms with Crippen LogP contribution in [0.2, 0.25) is 0 Å². The van der Waals surface area contributed by atoms with Crippen molar-refractivity contribution in [3.63, 3.8) is 0 Å². The summed E-state index contributed by atoms with van der Waals surface area (Å²) in [6, 6.07) is 0. The average Bonchev–Trinajstić information content (AvgIpc) is 2.67. The number of rotatable bonds is 2. The van der Waals surface area contributed by atoms with E-state index in [2.05, 4.69) is 20.9 Å². The number of thiazole rings is 1. The summed E-state index contributed by atoms with van der Waals surface area (Å²) in [5.41, 5.74) is 0. The standard InChI is InChI=1S/C10H14BrNS/c11-6-9-7-12-10(13-9)8-4-2-1-3-5-8/h7-8H,1-6H2. The summed E-state index contributed by atoms with van der Waals surface area (Å²) in [4.78, 5) is 5.86. The maximum Gasteiger partial charge on any atom is 0.0958 e. The molecule has 2 rings (SSSR count). The molecule has 0 spiro atoms. The van der Waals surface area contributed by atoms with Gasteiger partial charge in [-0.15, -0.1) is 11.3 Å². The predicted octanol–water partition coefficient (Wildman–Crippen LogP) is 4.09. The molecule has 13 heavy (non-hydrogen) atoms. The molecule has 1 aromatic rings. The van der Waals surface area contributed by atoms with Gasteiger partial charge in [0.2, 0.25) is 0 Å². The number of aromatic nitrogens is 1. The van der Waals surface area contributed by atoms with Crippen molar-refractivity contribution in [3.8, 4) is 0 Å². The van der Waals surface area contributed by atoms with Crippen LogP contribution in [0.5, 0.6) is 0 Å². The minimum Gasteiger partial charge on any atom is -0.249 e. The fourth-order valence-electron chi connectivity index (χ4n) is 1.92. The molecule has 1 aromatic heterocycles. The van der Waals surface area contributed by atoms with E-state index in [9.17, 15) is 0 Å². The van der Waals surface area contributed by atoms with Crippen molar-refractivity contribution in [3.05, 3.63) is 16.1 Å². The first-order chi connectivity index (χ1) is 6.40.